The van der Waals surface area contributed by atoms with Crippen molar-refractivity contribution in [3.8, 4) is 0 Å². The van der Waals surface area contributed by atoms with E-state index in [4.69, 9.17) is 0 Å². The van der Waals surface area contributed by atoms with Gasteiger partial charge in [-0.3, -0.25) is 0 Å². The van der Waals surface area contributed by atoms with E-state index in [2.05, 4.69) is 24.1 Å². The highest BCUT2D eigenvalue weighted by molar-refractivity contribution is 5.47. The number of anilines is 1. The zero-order chi connectivity index (χ0) is 13.2. The Balaban J connectivity index is 2.23. The van der Waals surface area contributed by atoms with E-state index in [1.165, 1.54) is 6.07 Å². The van der Waals surface area contributed by atoms with Gasteiger partial charge in [0.25, 0.3) is 0 Å². The number of nitrogens with zero attached hydrogens (tertiary/aromatic N) is 1. The molecule has 0 spiro atoms. The molecule has 1 aromatic carbocycles. The van der Waals surface area contributed by atoms with Crippen LogP contribution in [0.15, 0.2) is 24.3 Å². The summed E-state index contributed by atoms with van der Waals surface area (Å²) >= 11 is 0. The zero-order valence-electron chi connectivity index (χ0n) is 11.0. The molecule has 1 aliphatic rings. The van der Waals surface area contributed by atoms with E-state index in [1.54, 1.807) is 12.1 Å². The highest BCUT2D eigenvalue weighted by atomic mass is 19.1. The molecule has 0 amide bonds. The molecule has 1 heterocycles. The number of hydrogen-bond acceptors (Lipinski definition) is 3. The molecule has 1 aromatic rings. The van der Waals surface area contributed by atoms with Crippen molar-refractivity contribution in [2.45, 2.75) is 19.9 Å². The quantitative estimate of drug-likeness (QED) is 0.839. The number of hydrogen-bond donors (Lipinski definition) is 2. The Labute approximate surface area is 108 Å². The van der Waals surface area contributed by atoms with E-state index in [0.29, 0.717) is 6.54 Å². The molecule has 3 nitrogen and oxygen atoms in total. The van der Waals surface area contributed by atoms with Crippen LogP contribution in [0.2, 0.25) is 0 Å². The predicted octanol–water partition coefficient (Wildman–Crippen LogP) is 1.62. The summed E-state index contributed by atoms with van der Waals surface area (Å²) in [6.07, 6.45) is 0. The van der Waals surface area contributed by atoms with Gasteiger partial charge >= 0.3 is 0 Å². The second-order valence-electron chi connectivity index (χ2n) is 5.79. The first kappa shape index (κ1) is 13.3. The average molecular weight is 252 g/mol. The molecule has 0 bridgehead atoms. The maximum Gasteiger partial charge on any atom is 0.125 e. The first-order valence-electron chi connectivity index (χ1n) is 6.35. The highest BCUT2D eigenvalue weighted by Crippen LogP contribution is 2.24. The van der Waals surface area contributed by atoms with Crippen molar-refractivity contribution in [3.05, 3.63) is 30.1 Å². The molecule has 4 heteroatoms. The lowest BCUT2D eigenvalue weighted by Gasteiger charge is -2.31. The molecule has 0 saturated carbocycles. The van der Waals surface area contributed by atoms with Gasteiger partial charge in [-0.15, -0.1) is 0 Å². The first-order valence-corrected chi connectivity index (χ1v) is 6.35. The van der Waals surface area contributed by atoms with E-state index in [9.17, 15) is 9.50 Å². The summed E-state index contributed by atoms with van der Waals surface area (Å²) in [6, 6.07) is 6.68. The summed E-state index contributed by atoms with van der Waals surface area (Å²) in [7, 11) is 0. The number of aliphatic hydroxyl groups is 1. The second kappa shape index (κ2) is 5.24. The van der Waals surface area contributed by atoms with Crippen LogP contribution < -0.4 is 10.2 Å². The molecule has 1 unspecified atom stereocenters. The minimum atomic E-state index is -0.219. The Morgan fingerprint density at radius 3 is 2.94 bits per heavy atom. The van der Waals surface area contributed by atoms with Crippen LogP contribution in [0.1, 0.15) is 13.8 Å². The topological polar surface area (TPSA) is 35.5 Å². The van der Waals surface area contributed by atoms with Crippen LogP contribution in [0.5, 0.6) is 0 Å². The van der Waals surface area contributed by atoms with E-state index in [-0.39, 0.29) is 23.9 Å². The van der Waals surface area contributed by atoms with Crippen molar-refractivity contribution in [2.24, 2.45) is 5.41 Å². The van der Waals surface area contributed by atoms with Crippen LogP contribution >= 0.6 is 0 Å². The van der Waals surface area contributed by atoms with Crippen molar-refractivity contribution >= 4 is 5.69 Å². The normalized spacial score (nSPS) is 23.8. The van der Waals surface area contributed by atoms with E-state index in [1.807, 2.05) is 6.07 Å². The van der Waals surface area contributed by atoms with Gasteiger partial charge in [-0.1, -0.05) is 19.9 Å². The van der Waals surface area contributed by atoms with Gasteiger partial charge in [0, 0.05) is 31.4 Å². The Morgan fingerprint density at radius 1 is 1.50 bits per heavy atom. The molecule has 0 aromatic heterocycles. The van der Waals surface area contributed by atoms with Crippen LogP contribution in [-0.4, -0.2) is 37.4 Å². The van der Waals surface area contributed by atoms with Crippen LogP contribution in [0.3, 0.4) is 0 Å². The molecular formula is C14H21FN2O. The summed E-state index contributed by atoms with van der Waals surface area (Å²) in [6.45, 7) is 6.84. The maximum absolute atomic E-state index is 13.3. The lowest BCUT2D eigenvalue weighted by Crippen LogP contribution is -2.40. The van der Waals surface area contributed by atoms with Gasteiger partial charge in [-0.05, 0) is 23.6 Å². The third-order valence-corrected chi connectivity index (χ3v) is 3.32. The van der Waals surface area contributed by atoms with Crippen molar-refractivity contribution in [1.29, 1.82) is 0 Å². The van der Waals surface area contributed by atoms with Crippen molar-refractivity contribution < 1.29 is 9.50 Å². The third-order valence-electron chi connectivity index (χ3n) is 3.32. The average Bonchev–Trinajstić information content (AvgIpc) is 2.47. The van der Waals surface area contributed by atoms with Gasteiger partial charge in [0.05, 0.1) is 6.61 Å². The van der Waals surface area contributed by atoms with Gasteiger partial charge in [0.15, 0.2) is 0 Å². The Bertz CT molecular complexity index is 409. The molecule has 1 aliphatic heterocycles. The molecule has 2 rings (SSSR count). The Kier molecular flexibility index (Phi) is 3.88. The monoisotopic (exact) mass is 252 g/mol. The van der Waals surface area contributed by atoms with Crippen LogP contribution in [0.25, 0.3) is 0 Å². The molecule has 18 heavy (non-hydrogen) atoms. The van der Waals surface area contributed by atoms with E-state index >= 15 is 0 Å². The van der Waals surface area contributed by atoms with Gasteiger partial charge in [0.2, 0.25) is 0 Å². The fourth-order valence-corrected chi connectivity index (χ4v) is 2.38. The van der Waals surface area contributed by atoms with Gasteiger partial charge < -0.3 is 15.3 Å². The molecule has 1 fully saturated rings. The van der Waals surface area contributed by atoms with Gasteiger partial charge in [-0.2, -0.15) is 0 Å². The SMILES string of the molecule is CC1(C)CNC(CO)CN(c2cccc(F)c2)C1. The number of halogens is 1. The number of benzene rings is 1. The molecule has 2 N–H and O–H groups in total. The third kappa shape index (κ3) is 3.21. The Hall–Kier alpha value is -1.13. The first-order chi connectivity index (χ1) is 8.50. The minimum Gasteiger partial charge on any atom is -0.395 e. The highest BCUT2D eigenvalue weighted by Gasteiger charge is 2.28. The predicted molar refractivity (Wildman–Crippen MR) is 71.3 cm³/mol. The molecule has 100 valence electrons. The minimum absolute atomic E-state index is 0.0371. The Morgan fingerprint density at radius 2 is 2.28 bits per heavy atom. The molecule has 1 atom stereocenters. The summed E-state index contributed by atoms with van der Waals surface area (Å²) < 4.78 is 13.3. The smallest absolute Gasteiger partial charge is 0.125 e. The van der Waals surface area contributed by atoms with E-state index < -0.39 is 0 Å². The summed E-state index contributed by atoms with van der Waals surface area (Å²) in [5, 5.41) is 12.7. The lowest BCUT2D eigenvalue weighted by atomic mass is 9.93. The molecule has 0 radical (unpaired) electrons. The van der Waals surface area contributed by atoms with Crippen LogP contribution in [0, 0.1) is 11.2 Å². The van der Waals surface area contributed by atoms with Gasteiger partial charge in [-0.25, -0.2) is 4.39 Å². The maximum atomic E-state index is 13.3. The summed E-state index contributed by atoms with van der Waals surface area (Å²) in [5.41, 5.74) is 0.973. The number of aliphatic hydroxyl groups excluding tert-OH is 1. The summed E-state index contributed by atoms with van der Waals surface area (Å²) in [4.78, 5) is 2.14. The van der Waals surface area contributed by atoms with Crippen LogP contribution in [0.4, 0.5) is 10.1 Å². The fraction of sp³-hybridized carbons (Fsp3) is 0.571. The number of rotatable bonds is 2. The standard InChI is InChI=1S/C14H21FN2O/c1-14(2)9-16-12(8-18)7-17(10-14)13-5-3-4-11(15)6-13/h3-6,12,16,18H,7-10H2,1-2H3. The van der Waals surface area contributed by atoms with Crippen molar-refractivity contribution in [1.82, 2.24) is 5.32 Å². The lowest BCUT2D eigenvalue weighted by molar-refractivity contribution is 0.242. The summed E-state index contributed by atoms with van der Waals surface area (Å²) in [5.74, 6) is -0.219. The largest absolute Gasteiger partial charge is 0.395 e. The zero-order valence-corrected chi connectivity index (χ0v) is 11.0. The number of nitrogens with one attached hydrogen (secondary N) is 1. The van der Waals surface area contributed by atoms with Crippen LogP contribution in [-0.2, 0) is 0 Å². The van der Waals surface area contributed by atoms with Gasteiger partial charge in [0.1, 0.15) is 5.82 Å². The molecular weight excluding hydrogens is 231 g/mol. The second-order valence-corrected chi connectivity index (χ2v) is 5.79. The van der Waals surface area contributed by atoms with E-state index in [0.717, 1.165) is 18.8 Å². The van der Waals surface area contributed by atoms with Crippen molar-refractivity contribution in [3.63, 3.8) is 0 Å². The van der Waals surface area contributed by atoms with Crippen molar-refractivity contribution in [2.75, 3.05) is 31.1 Å². The molecule has 1 saturated heterocycles. The molecule has 0 aliphatic carbocycles. The fourth-order valence-electron chi connectivity index (χ4n) is 2.38.